The van der Waals surface area contributed by atoms with E-state index in [1.807, 2.05) is 27.8 Å². The zero-order valence-electron chi connectivity index (χ0n) is 12.5. The van der Waals surface area contributed by atoms with E-state index in [1.165, 1.54) is 0 Å². The summed E-state index contributed by atoms with van der Waals surface area (Å²) >= 11 is 1.62. The third kappa shape index (κ3) is 4.68. The Bertz CT molecular complexity index is 503. The first-order chi connectivity index (χ1) is 10.1. The lowest BCUT2D eigenvalue weighted by atomic mass is 10.2. The highest BCUT2D eigenvalue weighted by Crippen LogP contribution is 2.09. The Kier molecular flexibility index (Phi) is 5.52. The second kappa shape index (κ2) is 7.38. The van der Waals surface area contributed by atoms with Crippen LogP contribution >= 0.6 is 11.3 Å². The van der Waals surface area contributed by atoms with Gasteiger partial charge in [0.2, 0.25) is 11.8 Å². The molecule has 6 heteroatoms. The molecular formula is C15H21N3O2S. The molecule has 0 unspecified atom stereocenters. The van der Waals surface area contributed by atoms with Crippen LogP contribution in [0.15, 0.2) is 22.9 Å². The van der Waals surface area contributed by atoms with Crippen LogP contribution in [0.5, 0.6) is 0 Å². The molecule has 0 saturated carbocycles. The van der Waals surface area contributed by atoms with Crippen molar-refractivity contribution < 1.29 is 9.59 Å². The van der Waals surface area contributed by atoms with Crippen molar-refractivity contribution in [2.75, 3.05) is 46.8 Å². The molecule has 1 fully saturated rings. The highest BCUT2D eigenvalue weighted by Gasteiger charge is 2.21. The molecule has 0 aromatic carbocycles. The van der Waals surface area contributed by atoms with Gasteiger partial charge in [-0.1, -0.05) is 0 Å². The third-order valence-corrected chi connectivity index (χ3v) is 4.20. The fraction of sp³-hybridized carbons (Fsp3) is 0.467. The molecule has 2 rings (SSSR count). The van der Waals surface area contributed by atoms with E-state index >= 15 is 0 Å². The normalized spacial score (nSPS) is 16.4. The van der Waals surface area contributed by atoms with Crippen LogP contribution in [-0.2, 0) is 9.59 Å². The molecule has 0 radical (unpaired) electrons. The summed E-state index contributed by atoms with van der Waals surface area (Å²) in [6.45, 7) is 3.27. The van der Waals surface area contributed by atoms with Crippen molar-refractivity contribution in [3.05, 3.63) is 28.5 Å². The molecule has 1 aromatic heterocycles. The minimum atomic E-state index is 0.0415. The molecule has 21 heavy (non-hydrogen) atoms. The first kappa shape index (κ1) is 15.7. The summed E-state index contributed by atoms with van der Waals surface area (Å²) in [5.41, 5.74) is 1.06. The van der Waals surface area contributed by atoms with Gasteiger partial charge in [-0.2, -0.15) is 11.3 Å². The number of nitrogens with zero attached hydrogens (tertiary/aromatic N) is 3. The van der Waals surface area contributed by atoms with Crippen LogP contribution in [0.2, 0.25) is 0 Å². The van der Waals surface area contributed by atoms with Crippen molar-refractivity contribution in [3.8, 4) is 0 Å². The van der Waals surface area contributed by atoms with Gasteiger partial charge in [0.25, 0.3) is 0 Å². The minimum absolute atomic E-state index is 0.0415. The maximum absolute atomic E-state index is 12.1. The molecule has 2 heterocycles. The average molecular weight is 307 g/mol. The summed E-state index contributed by atoms with van der Waals surface area (Å²) in [7, 11) is 3.52. The molecule has 5 nitrogen and oxygen atoms in total. The number of carbonyl (C=O) groups is 2. The van der Waals surface area contributed by atoms with Gasteiger partial charge < -0.3 is 9.80 Å². The van der Waals surface area contributed by atoms with Gasteiger partial charge in [-0.3, -0.25) is 14.5 Å². The van der Waals surface area contributed by atoms with Crippen LogP contribution in [-0.4, -0.2) is 73.3 Å². The van der Waals surface area contributed by atoms with E-state index in [4.69, 9.17) is 0 Å². The fourth-order valence-electron chi connectivity index (χ4n) is 2.10. The van der Waals surface area contributed by atoms with Gasteiger partial charge in [0.05, 0.1) is 6.54 Å². The fourth-order valence-corrected chi connectivity index (χ4v) is 2.73. The topological polar surface area (TPSA) is 43.9 Å². The van der Waals surface area contributed by atoms with Gasteiger partial charge >= 0.3 is 0 Å². The first-order valence-corrected chi connectivity index (χ1v) is 7.92. The van der Waals surface area contributed by atoms with Gasteiger partial charge in [0.1, 0.15) is 0 Å². The Balaban J connectivity index is 1.78. The van der Waals surface area contributed by atoms with E-state index in [0.717, 1.165) is 18.7 Å². The number of hydrogen-bond acceptors (Lipinski definition) is 4. The second-order valence-corrected chi connectivity index (χ2v) is 6.06. The van der Waals surface area contributed by atoms with Crippen LogP contribution in [0.1, 0.15) is 5.56 Å². The molecule has 0 atom stereocenters. The number of thiophene rings is 1. The van der Waals surface area contributed by atoms with Crippen molar-refractivity contribution in [2.45, 2.75) is 0 Å². The summed E-state index contributed by atoms with van der Waals surface area (Å²) in [4.78, 5) is 29.3. The number of piperazine rings is 1. The van der Waals surface area contributed by atoms with E-state index in [1.54, 1.807) is 36.4 Å². The quantitative estimate of drug-likeness (QED) is 0.779. The highest BCUT2D eigenvalue weighted by atomic mass is 32.1. The minimum Gasteiger partial charge on any atom is -0.348 e. The summed E-state index contributed by atoms with van der Waals surface area (Å²) in [5.74, 6) is 0.145. The number of likely N-dealkylation sites (N-methyl/N-ethyl adjacent to an activating group) is 1. The van der Waals surface area contributed by atoms with Gasteiger partial charge in [-0.25, -0.2) is 0 Å². The van der Waals surface area contributed by atoms with Crippen molar-refractivity contribution in [3.63, 3.8) is 0 Å². The SMILES string of the molecule is CN(C)C(=O)CN1CCN(C(=O)C=Cc2ccsc2)CC1. The lowest BCUT2D eigenvalue weighted by Crippen LogP contribution is -2.50. The maximum atomic E-state index is 12.1. The van der Waals surface area contributed by atoms with Crippen LogP contribution in [0.3, 0.4) is 0 Å². The van der Waals surface area contributed by atoms with E-state index in [-0.39, 0.29) is 11.8 Å². The highest BCUT2D eigenvalue weighted by molar-refractivity contribution is 7.08. The largest absolute Gasteiger partial charge is 0.348 e. The smallest absolute Gasteiger partial charge is 0.246 e. The second-order valence-electron chi connectivity index (χ2n) is 5.28. The molecule has 0 bridgehead atoms. The zero-order chi connectivity index (χ0) is 15.2. The summed E-state index contributed by atoms with van der Waals surface area (Å²) < 4.78 is 0. The summed E-state index contributed by atoms with van der Waals surface area (Å²) in [6.07, 6.45) is 3.48. The van der Waals surface area contributed by atoms with Gasteiger partial charge in [-0.05, 0) is 28.5 Å². The molecule has 0 spiro atoms. The molecular weight excluding hydrogens is 286 g/mol. The van der Waals surface area contributed by atoms with Crippen LogP contribution in [0, 0.1) is 0 Å². The lowest BCUT2D eigenvalue weighted by Gasteiger charge is -2.34. The van der Waals surface area contributed by atoms with Crippen LogP contribution in [0.25, 0.3) is 6.08 Å². The number of carbonyl (C=O) groups excluding carboxylic acids is 2. The Morgan fingerprint density at radius 2 is 2.00 bits per heavy atom. The molecule has 1 aliphatic heterocycles. The van der Waals surface area contributed by atoms with E-state index in [0.29, 0.717) is 19.6 Å². The number of rotatable bonds is 4. The predicted molar refractivity (Wildman–Crippen MR) is 85.1 cm³/mol. The third-order valence-electron chi connectivity index (χ3n) is 3.50. The first-order valence-electron chi connectivity index (χ1n) is 6.98. The standard InChI is InChI=1S/C15H21N3O2S/c1-16(2)15(20)11-17-6-8-18(9-7-17)14(19)4-3-13-5-10-21-12-13/h3-5,10,12H,6-9,11H2,1-2H3. The molecule has 1 aromatic rings. The van der Waals surface area contributed by atoms with Gasteiger partial charge in [0.15, 0.2) is 0 Å². The number of hydrogen-bond donors (Lipinski definition) is 0. The predicted octanol–water partition coefficient (Wildman–Crippen LogP) is 0.994. The Morgan fingerprint density at radius 3 is 2.57 bits per heavy atom. The molecule has 0 N–H and O–H groups in total. The van der Waals surface area contributed by atoms with E-state index in [2.05, 4.69) is 4.90 Å². The Morgan fingerprint density at radius 1 is 1.29 bits per heavy atom. The van der Waals surface area contributed by atoms with Crippen LogP contribution in [0.4, 0.5) is 0 Å². The average Bonchev–Trinajstić information content (AvgIpc) is 2.98. The van der Waals surface area contributed by atoms with Crippen molar-refractivity contribution in [1.82, 2.24) is 14.7 Å². The van der Waals surface area contributed by atoms with Crippen molar-refractivity contribution in [2.24, 2.45) is 0 Å². The van der Waals surface area contributed by atoms with Crippen molar-refractivity contribution >= 4 is 29.2 Å². The zero-order valence-corrected chi connectivity index (χ0v) is 13.3. The Labute approximate surface area is 129 Å². The molecule has 1 saturated heterocycles. The molecule has 0 aliphatic carbocycles. The van der Waals surface area contributed by atoms with Gasteiger partial charge in [0, 0.05) is 46.4 Å². The maximum Gasteiger partial charge on any atom is 0.246 e. The van der Waals surface area contributed by atoms with E-state index in [9.17, 15) is 9.59 Å². The van der Waals surface area contributed by atoms with E-state index < -0.39 is 0 Å². The lowest BCUT2D eigenvalue weighted by molar-refractivity contribution is -0.131. The van der Waals surface area contributed by atoms with Crippen molar-refractivity contribution in [1.29, 1.82) is 0 Å². The number of amides is 2. The summed E-state index contributed by atoms with van der Waals surface area (Å²) in [6, 6.07) is 1.99. The monoisotopic (exact) mass is 307 g/mol. The van der Waals surface area contributed by atoms with Gasteiger partial charge in [-0.15, -0.1) is 0 Å². The molecule has 2 amide bonds. The molecule has 114 valence electrons. The Hall–Kier alpha value is -1.66. The summed E-state index contributed by atoms with van der Waals surface area (Å²) in [5, 5.41) is 4.00. The molecule has 1 aliphatic rings. The van der Waals surface area contributed by atoms with Crippen LogP contribution < -0.4 is 0 Å².